The van der Waals surface area contributed by atoms with Crippen molar-refractivity contribution >= 4 is 41.2 Å². The third-order valence-electron chi connectivity index (χ3n) is 7.38. The minimum Gasteiger partial charge on any atom is -0.465 e. The molecular formula is C25H32N4O7S. The van der Waals surface area contributed by atoms with Crippen molar-refractivity contribution in [1.82, 2.24) is 15.5 Å². The molecule has 3 heterocycles. The molecule has 4 N–H and O–H groups in total. The van der Waals surface area contributed by atoms with Crippen LogP contribution in [-0.4, -0.2) is 90.5 Å². The van der Waals surface area contributed by atoms with Crippen molar-refractivity contribution < 1.29 is 33.8 Å². The van der Waals surface area contributed by atoms with Crippen molar-refractivity contribution in [1.29, 1.82) is 0 Å². The fourth-order valence-electron chi connectivity index (χ4n) is 5.52. The van der Waals surface area contributed by atoms with Gasteiger partial charge >= 0.3 is 11.9 Å². The summed E-state index contributed by atoms with van der Waals surface area (Å²) in [5.74, 6) is -1.94. The minimum absolute atomic E-state index is 0.0430. The molecule has 200 valence electrons. The summed E-state index contributed by atoms with van der Waals surface area (Å²) in [5.41, 5.74) is -0.167. The summed E-state index contributed by atoms with van der Waals surface area (Å²) in [6.45, 7) is 4.01. The first kappa shape index (κ1) is 27.1. The summed E-state index contributed by atoms with van der Waals surface area (Å²) in [4.78, 5) is 52.7. The number of fused-ring (bicyclic) bond motifs is 1. The largest absolute Gasteiger partial charge is 0.465 e. The quantitative estimate of drug-likeness (QED) is 0.275. The Labute approximate surface area is 219 Å². The molecule has 3 aliphatic rings. The van der Waals surface area contributed by atoms with Crippen molar-refractivity contribution in [2.45, 2.75) is 49.2 Å². The Bertz CT molecular complexity index is 1160. The number of carbonyl (C=O) groups excluding carboxylic acids is 4. The highest BCUT2D eigenvalue weighted by Gasteiger charge is 2.69. The molecule has 0 aromatic heterocycles. The molecule has 0 saturated carbocycles. The fraction of sp³-hybridized carbons (Fsp3) is 0.520. The van der Waals surface area contributed by atoms with Gasteiger partial charge in [-0.25, -0.2) is 9.59 Å². The number of anilines is 1. The first-order valence-corrected chi connectivity index (χ1v) is 12.9. The second-order valence-electron chi connectivity index (χ2n) is 9.41. The topological polar surface area (TPSA) is 146 Å². The van der Waals surface area contributed by atoms with Gasteiger partial charge in [-0.15, -0.1) is 11.8 Å². The van der Waals surface area contributed by atoms with E-state index in [1.165, 1.54) is 30.9 Å². The van der Waals surface area contributed by atoms with Gasteiger partial charge in [0.1, 0.15) is 11.2 Å². The van der Waals surface area contributed by atoms with Gasteiger partial charge in [-0.1, -0.05) is 13.0 Å². The molecule has 12 heteroatoms. The van der Waals surface area contributed by atoms with Gasteiger partial charge in [0, 0.05) is 28.3 Å². The molecule has 11 nitrogen and oxygen atoms in total. The molecule has 2 amide bonds. The highest BCUT2D eigenvalue weighted by atomic mass is 32.2. The lowest BCUT2D eigenvalue weighted by atomic mass is 9.71. The number of hydrogen-bond acceptors (Lipinski definition) is 10. The van der Waals surface area contributed by atoms with Crippen molar-refractivity contribution in [3.8, 4) is 0 Å². The molecule has 0 spiro atoms. The molecule has 2 fully saturated rings. The number of nitrogens with one attached hydrogen (secondary N) is 3. The monoisotopic (exact) mass is 532 g/mol. The van der Waals surface area contributed by atoms with E-state index in [0.29, 0.717) is 29.1 Å². The second-order valence-corrected chi connectivity index (χ2v) is 10.7. The van der Waals surface area contributed by atoms with Crippen molar-refractivity contribution in [2.24, 2.45) is 5.92 Å². The summed E-state index contributed by atoms with van der Waals surface area (Å²) in [7, 11) is 4.19. The lowest BCUT2D eigenvalue weighted by Gasteiger charge is -2.56. The zero-order valence-corrected chi connectivity index (χ0v) is 22.2. The van der Waals surface area contributed by atoms with Gasteiger partial charge in [-0.2, -0.15) is 0 Å². The number of likely N-dealkylation sites (N-methyl/N-ethyl adjacent to an activating group) is 1. The number of aliphatic hydroxyl groups is 1. The number of esters is 2. The van der Waals surface area contributed by atoms with Crippen LogP contribution in [-0.2, 0) is 23.9 Å². The van der Waals surface area contributed by atoms with E-state index in [2.05, 4.69) is 16.0 Å². The number of thioether (sulfide) groups is 1. The standard InChI is InChI=1S/C25H32N4O7S/c1-12-19(18(23(33)36-5)29-20(12)25(26-3,13(2)30)24(29)34)37-16-10-17(27-11-16)21(31)28-15-8-6-7-14(9-15)22(32)35-4/h6-9,12-13,16-17,20,26-27,30H,10-11H2,1-5H3,(H,28,31). The summed E-state index contributed by atoms with van der Waals surface area (Å²) in [6.07, 6.45) is -0.472. The maximum Gasteiger partial charge on any atom is 0.355 e. The van der Waals surface area contributed by atoms with E-state index in [1.807, 2.05) is 6.92 Å². The average molecular weight is 533 g/mol. The summed E-state index contributed by atoms with van der Waals surface area (Å²) >= 11 is 1.46. The van der Waals surface area contributed by atoms with Crippen LogP contribution in [0.4, 0.5) is 5.69 Å². The Kier molecular flexibility index (Phi) is 7.65. The van der Waals surface area contributed by atoms with Crippen LogP contribution in [0.1, 0.15) is 30.6 Å². The lowest BCUT2D eigenvalue weighted by molar-refractivity contribution is -0.171. The smallest absolute Gasteiger partial charge is 0.355 e. The Morgan fingerprint density at radius 3 is 2.57 bits per heavy atom. The first-order chi connectivity index (χ1) is 17.6. The van der Waals surface area contributed by atoms with Gasteiger partial charge < -0.3 is 30.5 Å². The minimum atomic E-state index is -1.18. The van der Waals surface area contributed by atoms with Crippen LogP contribution in [0.15, 0.2) is 34.9 Å². The number of amides is 2. The molecule has 1 aromatic carbocycles. The Balaban J connectivity index is 1.48. The number of rotatable bonds is 8. The normalized spacial score (nSPS) is 29.5. The van der Waals surface area contributed by atoms with Crippen LogP contribution in [0.3, 0.4) is 0 Å². The van der Waals surface area contributed by atoms with Crippen LogP contribution < -0.4 is 16.0 Å². The fourth-order valence-corrected chi connectivity index (χ4v) is 6.98. The number of benzene rings is 1. The number of methoxy groups -OCH3 is 2. The molecule has 0 bridgehead atoms. The average Bonchev–Trinajstić information content (AvgIpc) is 3.45. The molecule has 0 aliphatic carbocycles. The SMILES string of the molecule is CNC1(C(C)O)C(=O)N2C(C(=O)OC)=C(SC3CNC(C(=O)Nc4cccc(C(=O)OC)c4)C3)C(C)C21. The van der Waals surface area contributed by atoms with E-state index in [9.17, 15) is 24.3 Å². The van der Waals surface area contributed by atoms with E-state index < -0.39 is 35.7 Å². The maximum absolute atomic E-state index is 13.2. The van der Waals surface area contributed by atoms with Gasteiger partial charge in [0.15, 0.2) is 0 Å². The number of hydrogen-bond donors (Lipinski definition) is 4. The molecule has 1 aromatic rings. The van der Waals surface area contributed by atoms with E-state index in [0.717, 1.165) is 0 Å². The molecule has 37 heavy (non-hydrogen) atoms. The Morgan fingerprint density at radius 2 is 1.95 bits per heavy atom. The zero-order chi connectivity index (χ0) is 27.1. The van der Waals surface area contributed by atoms with Crippen LogP contribution in [0, 0.1) is 5.92 Å². The van der Waals surface area contributed by atoms with Gasteiger partial charge in [0.2, 0.25) is 5.91 Å². The number of carbonyl (C=O) groups is 4. The van der Waals surface area contributed by atoms with Crippen molar-refractivity contribution in [2.75, 3.05) is 33.1 Å². The highest BCUT2D eigenvalue weighted by molar-refractivity contribution is 8.03. The molecule has 2 saturated heterocycles. The number of ether oxygens (including phenoxy) is 2. The van der Waals surface area contributed by atoms with Crippen LogP contribution in [0.25, 0.3) is 0 Å². The summed E-state index contributed by atoms with van der Waals surface area (Å²) in [5, 5.41) is 19.5. The lowest BCUT2D eigenvalue weighted by Crippen LogP contribution is -2.82. The zero-order valence-electron chi connectivity index (χ0n) is 21.4. The number of nitrogens with zero attached hydrogens (tertiary/aromatic N) is 1. The van der Waals surface area contributed by atoms with Crippen LogP contribution >= 0.6 is 11.8 Å². The van der Waals surface area contributed by atoms with Crippen molar-refractivity contribution in [3.05, 3.63) is 40.4 Å². The molecule has 4 rings (SSSR count). The van der Waals surface area contributed by atoms with E-state index >= 15 is 0 Å². The van der Waals surface area contributed by atoms with Gasteiger partial charge in [0.25, 0.3) is 5.91 Å². The van der Waals surface area contributed by atoms with Gasteiger partial charge in [-0.05, 0) is 38.6 Å². The Hall–Kier alpha value is -2.93. The molecular weight excluding hydrogens is 500 g/mol. The van der Waals surface area contributed by atoms with Crippen LogP contribution in [0.5, 0.6) is 0 Å². The third-order valence-corrected chi connectivity index (χ3v) is 8.89. The van der Waals surface area contributed by atoms with E-state index in [4.69, 9.17) is 9.47 Å². The predicted molar refractivity (Wildman–Crippen MR) is 137 cm³/mol. The predicted octanol–water partition coefficient (Wildman–Crippen LogP) is 0.460. The molecule has 6 atom stereocenters. The van der Waals surface area contributed by atoms with Crippen LogP contribution in [0.2, 0.25) is 0 Å². The highest BCUT2D eigenvalue weighted by Crippen LogP contribution is 2.53. The second kappa shape index (κ2) is 10.4. The van der Waals surface area contributed by atoms with Gasteiger partial charge in [-0.3, -0.25) is 14.5 Å². The molecule has 0 radical (unpaired) electrons. The Morgan fingerprint density at radius 1 is 1.24 bits per heavy atom. The van der Waals surface area contributed by atoms with Crippen molar-refractivity contribution in [3.63, 3.8) is 0 Å². The van der Waals surface area contributed by atoms with E-state index in [1.54, 1.807) is 38.2 Å². The summed E-state index contributed by atoms with van der Waals surface area (Å²) in [6, 6.07) is 5.59. The first-order valence-electron chi connectivity index (χ1n) is 12.0. The maximum atomic E-state index is 13.2. The number of aliphatic hydroxyl groups excluding tert-OH is 1. The third kappa shape index (κ3) is 4.41. The van der Waals surface area contributed by atoms with E-state index in [-0.39, 0.29) is 28.7 Å². The molecule has 3 aliphatic heterocycles. The molecule has 6 unspecified atom stereocenters. The number of β-lactam (4-membered cyclic amide) rings is 1. The summed E-state index contributed by atoms with van der Waals surface area (Å²) < 4.78 is 9.73. The van der Waals surface area contributed by atoms with Gasteiger partial charge in [0.05, 0.1) is 38.0 Å².